The number of aryl methyl sites for hydroxylation is 2. The van der Waals surface area contributed by atoms with Crippen molar-refractivity contribution in [2.24, 2.45) is 0 Å². The number of aromatic nitrogens is 2. The van der Waals surface area contributed by atoms with Crippen LogP contribution in [0.4, 0.5) is 9.18 Å². The molecule has 0 fully saturated rings. The van der Waals surface area contributed by atoms with Crippen LogP contribution in [0.3, 0.4) is 0 Å². The van der Waals surface area contributed by atoms with Crippen LogP contribution in [0, 0.1) is 19.7 Å². The molecule has 0 spiro atoms. The molecule has 0 saturated carbocycles. The fourth-order valence-corrected chi connectivity index (χ4v) is 5.10. The van der Waals surface area contributed by atoms with Gasteiger partial charge in [-0.2, -0.15) is 0 Å². The molecule has 5 rings (SSSR count). The second-order valence-electron chi connectivity index (χ2n) is 8.55. The third kappa shape index (κ3) is 4.01. The van der Waals surface area contributed by atoms with Crippen LogP contribution in [0.2, 0.25) is 0 Å². The van der Waals surface area contributed by atoms with Crippen molar-refractivity contribution in [1.29, 1.82) is 0 Å². The summed E-state index contributed by atoms with van der Waals surface area (Å²) in [4.78, 5) is 28.9. The van der Waals surface area contributed by atoms with Gasteiger partial charge < -0.3 is 19.5 Å². The highest BCUT2D eigenvalue weighted by molar-refractivity contribution is 6.00. The number of ether oxygens (including phenoxy) is 1. The second kappa shape index (κ2) is 9.62. The van der Waals surface area contributed by atoms with E-state index in [9.17, 15) is 19.1 Å². The Kier molecular flexibility index (Phi) is 6.76. The van der Waals surface area contributed by atoms with Crippen LogP contribution in [0.15, 0.2) is 23.0 Å². The zero-order valence-electron chi connectivity index (χ0n) is 20.4. The quantitative estimate of drug-likeness (QED) is 0.394. The predicted octanol–water partition coefficient (Wildman–Crippen LogP) is 5.11. The first kappa shape index (κ1) is 24.6. The highest BCUT2D eigenvalue weighted by Gasteiger charge is 2.32. The minimum Gasteiger partial charge on any atom is -0.450 e. The number of aliphatic hydroxyl groups is 1. The van der Waals surface area contributed by atoms with Crippen molar-refractivity contribution in [2.75, 3.05) is 6.61 Å². The summed E-state index contributed by atoms with van der Waals surface area (Å²) in [5.41, 5.74) is 6.87. The molecule has 3 aromatic rings. The average Bonchev–Trinajstić information content (AvgIpc) is 3.20. The van der Waals surface area contributed by atoms with Crippen molar-refractivity contribution in [1.82, 2.24) is 9.55 Å². The van der Waals surface area contributed by atoms with Crippen molar-refractivity contribution in [3.63, 3.8) is 0 Å². The third-order valence-electron chi connectivity index (χ3n) is 6.71. The minimum atomic E-state index is -1.44. The maximum absolute atomic E-state index is 14.7. The van der Waals surface area contributed by atoms with Crippen LogP contribution in [-0.4, -0.2) is 32.5 Å². The number of hydrogen-bond acceptors (Lipinski definition) is 5. The Hall–Kier alpha value is -3.52. The first-order valence-electron chi connectivity index (χ1n) is 11.9. The third-order valence-corrected chi connectivity index (χ3v) is 6.71. The molecule has 7 nitrogen and oxygen atoms in total. The van der Waals surface area contributed by atoms with E-state index in [0.717, 1.165) is 27.6 Å². The van der Waals surface area contributed by atoms with Gasteiger partial charge in [-0.1, -0.05) is 19.9 Å². The minimum absolute atomic E-state index is 0.0288. The summed E-state index contributed by atoms with van der Waals surface area (Å²) in [7, 11) is 0. The molecule has 2 aliphatic rings. The number of carboxylic acid groups (broad SMARTS) is 1. The van der Waals surface area contributed by atoms with Gasteiger partial charge in [0.25, 0.3) is 5.56 Å². The van der Waals surface area contributed by atoms with Gasteiger partial charge in [-0.25, -0.2) is 14.2 Å². The number of pyridine rings is 2. The number of allylic oxidation sites excluding steroid dienone is 1. The van der Waals surface area contributed by atoms with Gasteiger partial charge in [0, 0.05) is 23.6 Å². The van der Waals surface area contributed by atoms with Gasteiger partial charge >= 0.3 is 6.16 Å². The van der Waals surface area contributed by atoms with E-state index < -0.39 is 6.16 Å². The Labute approximate surface area is 202 Å². The average molecular weight is 481 g/mol. The number of hydrogen-bond donors (Lipinski definition) is 2. The maximum Gasteiger partial charge on any atom is 0.506 e. The first-order chi connectivity index (χ1) is 16.8. The molecule has 2 aromatic heterocycles. The number of benzene rings is 1. The molecule has 8 heteroatoms. The molecular formula is C27H29FN2O5. The van der Waals surface area contributed by atoms with E-state index in [4.69, 9.17) is 10.1 Å². The number of rotatable bonds is 4. The summed E-state index contributed by atoms with van der Waals surface area (Å²) in [5.74, 6) is -0.300. The smallest absolute Gasteiger partial charge is 0.450 e. The fraction of sp³-hybridized carbons (Fsp3) is 0.370. The molecule has 0 saturated heterocycles. The first-order valence-corrected chi connectivity index (χ1v) is 11.9. The summed E-state index contributed by atoms with van der Waals surface area (Å²) < 4.78 is 21.0. The molecule has 35 heavy (non-hydrogen) atoms. The van der Waals surface area contributed by atoms with Gasteiger partial charge in [0.2, 0.25) is 0 Å². The molecule has 1 aliphatic heterocycles. The summed E-state index contributed by atoms with van der Waals surface area (Å²) in [6.45, 7) is 7.50. The molecule has 1 aromatic carbocycles. The Morgan fingerprint density at radius 3 is 2.66 bits per heavy atom. The fourth-order valence-electron chi connectivity index (χ4n) is 5.10. The molecule has 0 radical (unpaired) electrons. The van der Waals surface area contributed by atoms with E-state index in [1.807, 2.05) is 26.0 Å². The lowest BCUT2D eigenvalue weighted by atomic mass is 9.81. The Balaban J connectivity index is 0.00000141. The molecule has 0 unspecified atom stereocenters. The number of aliphatic hydroxyl groups excluding tert-OH is 1. The van der Waals surface area contributed by atoms with Gasteiger partial charge in [-0.05, 0) is 67.0 Å². The number of carbonyl (C=O) groups is 1. The Morgan fingerprint density at radius 2 is 1.97 bits per heavy atom. The van der Waals surface area contributed by atoms with E-state index in [1.54, 1.807) is 18.4 Å². The van der Waals surface area contributed by atoms with Crippen LogP contribution < -0.4 is 5.56 Å². The normalized spacial score (nSPS) is 14.4. The Morgan fingerprint density at radius 1 is 1.23 bits per heavy atom. The van der Waals surface area contributed by atoms with Gasteiger partial charge in [-0.15, -0.1) is 0 Å². The summed E-state index contributed by atoms with van der Waals surface area (Å²) in [6.07, 6.45) is 2.48. The number of nitrogens with zero attached hydrogens (tertiary/aromatic N) is 2. The Bertz CT molecular complexity index is 1440. The van der Waals surface area contributed by atoms with E-state index in [0.29, 0.717) is 47.3 Å². The van der Waals surface area contributed by atoms with Crippen molar-refractivity contribution >= 4 is 22.6 Å². The van der Waals surface area contributed by atoms with Gasteiger partial charge in [0.05, 0.1) is 29.0 Å². The monoisotopic (exact) mass is 480 g/mol. The predicted molar refractivity (Wildman–Crippen MR) is 132 cm³/mol. The van der Waals surface area contributed by atoms with Crippen LogP contribution in [0.1, 0.15) is 60.1 Å². The lowest BCUT2D eigenvalue weighted by Gasteiger charge is -2.24. The van der Waals surface area contributed by atoms with Crippen molar-refractivity contribution < 1.29 is 24.1 Å². The molecule has 2 N–H and O–H groups in total. The maximum atomic E-state index is 14.7. The van der Waals surface area contributed by atoms with E-state index in [1.165, 1.54) is 6.07 Å². The number of halogens is 1. The lowest BCUT2D eigenvalue weighted by Crippen LogP contribution is -2.25. The summed E-state index contributed by atoms with van der Waals surface area (Å²) in [6, 6.07) is 3.26. The van der Waals surface area contributed by atoms with Crippen molar-refractivity contribution in [3.8, 4) is 11.4 Å². The van der Waals surface area contributed by atoms with E-state index in [-0.39, 0.29) is 36.7 Å². The van der Waals surface area contributed by atoms with Crippen molar-refractivity contribution in [2.45, 2.75) is 60.1 Å². The van der Waals surface area contributed by atoms with Gasteiger partial charge in [0.15, 0.2) is 0 Å². The highest BCUT2D eigenvalue weighted by Crippen LogP contribution is 2.45. The largest absolute Gasteiger partial charge is 0.506 e. The molecule has 0 atom stereocenters. The van der Waals surface area contributed by atoms with Crippen LogP contribution in [0.5, 0.6) is 0 Å². The zero-order valence-corrected chi connectivity index (χ0v) is 20.4. The highest BCUT2D eigenvalue weighted by atomic mass is 19.1. The second-order valence-corrected chi connectivity index (χ2v) is 8.55. The summed E-state index contributed by atoms with van der Waals surface area (Å²) in [5, 5.41) is 19.1. The standard InChI is InChI=1S/C25H23FN2O5.C2H6/c1-12-8-20-23-16(10-28(20)24(30)17(12)11-33-25(31)32)21-14(4-3-7-29)5-6-15-13(2)18(26)9-19(27-23)22(15)21;1-2/h4,8-9,29H,3,5-7,10-11H2,1-2H3,(H,31,32);1-2H3/b14-4+;. The van der Waals surface area contributed by atoms with Gasteiger partial charge in [0.1, 0.15) is 12.4 Å². The van der Waals surface area contributed by atoms with Crippen molar-refractivity contribution in [3.05, 3.63) is 67.8 Å². The molecule has 0 bridgehead atoms. The van der Waals surface area contributed by atoms with Crippen LogP contribution in [-0.2, 0) is 24.3 Å². The molecule has 1 aliphatic carbocycles. The summed E-state index contributed by atoms with van der Waals surface area (Å²) >= 11 is 0. The zero-order chi connectivity index (χ0) is 25.4. The molecule has 3 heterocycles. The van der Waals surface area contributed by atoms with Gasteiger partial charge in [-0.3, -0.25) is 4.79 Å². The topological polar surface area (TPSA) is 102 Å². The van der Waals surface area contributed by atoms with Crippen LogP contribution in [0.25, 0.3) is 27.9 Å². The van der Waals surface area contributed by atoms with Crippen LogP contribution >= 0.6 is 0 Å². The number of fused-ring (bicyclic) bond motifs is 4. The lowest BCUT2D eigenvalue weighted by molar-refractivity contribution is 0.0848. The molecular weight excluding hydrogens is 451 g/mol. The SMILES string of the molecule is CC.Cc1cc2n(c(=O)c1COC(=O)O)Cc1c-2nc2cc(F)c(C)c3c2c1/C(=C/CCO)CC3. The molecule has 0 amide bonds. The van der Waals surface area contributed by atoms with E-state index >= 15 is 0 Å². The molecule has 184 valence electrons. The van der Waals surface area contributed by atoms with E-state index in [2.05, 4.69) is 4.74 Å².